The Morgan fingerprint density at radius 2 is 2.04 bits per heavy atom. The lowest BCUT2D eigenvalue weighted by molar-refractivity contribution is -0.146. The number of hydrogen-bond acceptors (Lipinski definition) is 3. The number of carboxylic acid groups (broad SMARTS) is 1. The number of carbonyl (C=O) groups excluding carboxylic acids is 1. The Bertz CT molecular complexity index is 656. The highest BCUT2D eigenvalue weighted by atomic mass is 19.1. The minimum Gasteiger partial charge on any atom is -0.486 e. The molecule has 1 aliphatic heterocycles. The molecule has 0 aliphatic carbocycles. The molecule has 0 spiro atoms. The predicted octanol–water partition coefficient (Wildman–Crippen LogP) is 3.33. The fourth-order valence-corrected chi connectivity index (χ4v) is 2.52. The maximum atomic E-state index is 13.5. The monoisotopic (exact) mass is 338 g/mol. The van der Waals surface area contributed by atoms with Gasteiger partial charge in [0.2, 0.25) is 0 Å². The molecule has 7 heteroatoms. The van der Waals surface area contributed by atoms with E-state index in [0.29, 0.717) is 18.7 Å². The second-order valence-electron chi connectivity index (χ2n) is 7.32. The number of aliphatic carboxylic acids is 1. The number of anilines is 1. The van der Waals surface area contributed by atoms with Crippen LogP contribution < -0.4 is 10.1 Å². The van der Waals surface area contributed by atoms with Crippen molar-refractivity contribution in [1.82, 2.24) is 4.90 Å². The van der Waals surface area contributed by atoms with Gasteiger partial charge in [0, 0.05) is 19.2 Å². The highest BCUT2D eigenvalue weighted by Crippen LogP contribution is 2.32. The Balaban J connectivity index is 2.14. The molecule has 2 rings (SSSR count). The molecule has 1 aromatic rings. The second kappa shape index (κ2) is 6.30. The standard InChI is InChI=1S/C17H23FN2O4/c1-16(2,3)24-13-9-11(18)5-6-12(13)19-15(23)20-8-7-17(4,10-20)14(21)22/h5-6,9H,7-8,10H2,1-4H3,(H,19,23)(H,21,22). The van der Waals surface area contributed by atoms with Gasteiger partial charge in [-0.1, -0.05) is 0 Å². The average Bonchev–Trinajstić information content (AvgIpc) is 2.84. The van der Waals surface area contributed by atoms with Gasteiger partial charge in [-0.2, -0.15) is 0 Å². The summed E-state index contributed by atoms with van der Waals surface area (Å²) in [5, 5.41) is 11.9. The van der Waals surface area contributed by atoms with Crippen molar-refractivity contribution >= 4 is 17.7 Å². The van der Waals surface area contributed by atoms with Crippen LogP contribution in [0.4, 0.5) is 14.9 Å². The Kier molecular flexibility index (Phi) is 4.73. The number of likely N-dealkylation sites (tertiary alicyclic amines) is 1. The van der Waals surface area contributed by atoms with E-state index in [2.05, 4.69) is 5.32 Å². The van der Waals surface area contributed by atoms with Crippen molar-refractivity contribution < 1.29 is 23.8 Å². The van der Waals surface area contributed by atoms with Gasteiger partial charge in [0.1, 0.15) is 17.2 Å². The highest BCUT2D eigenvalue weighted by Gasteiger charge is 2.42. The summed E-state index contributed by atoms with van der Waals surface area (Å²) in [7, 11) is 0. The molecule has 1 atom stereocenters. The molecule has 6 nitrogen and oxygen atoms in total. The van der Waals surface area contributed by atoms with E-state index < -0.39 is 28.8 Å². The van der Waals surface area contributed by atoms with Gasteiger partial charge < -0.3 is 20.1 Å². The number of nitrogens with one attached hydrogen (secondary N) is 1. The molecular weight excluding hydrogens is 315 g/mol. The van der Waals surface area contributed by atoms with Crippen LogP contribution in [0.2, 0.25) is 0 Å². The Labute approximate surface area is 140 Å². The molecule has 0 aromatic heterocycles. The minimum atomic E-state index is -0.940. The lowest BCUT2D eigenvalue weighted by atomic mass is 9.90. The van der Waals surface area contributed by atoms with Crippen molar-refractivity contribution in [2.24, 2.45) is 5.41 Å². The number of amides is 2. The third-order valence-corrected chi connectivity index (χ3v) is 3.88. The van der Waals surface area contributed by atoms with Gasteiger partial charge in [-0.05, 0) is 46.2 Å². The molecule has 0 saturated carbocycles. The second-order valence-corrected chi connectivity index (χ2v) is 7.32. The van der Waals surface area contributed by atoms with Gasteiger partial charge in [0.05, 0.1) is 11.1 Å². The molecule has 1 aromatic carbocycles. The zero-order valence-corrected chi connectivity index (χ0v) is 14.4. The van der Waals surface area contributed by atoms with Gasteiger partial charge in [0.15, 0.2) is 0 Å². The summed E-state index contributed by atoms with van der Waals surface area (Å²) in [4.78, 5) is 25.1. The number of rotatable bonds is 3. The quantitative estimate of drug-likeness (QED) is 0.886. The van der Waals surface area contributed by atoms with Gasteiger partial charge in [-0.3, -0.25) is 4.79 Å². The topological polar surface area (TPSA) is 78.9 Å². The normalized spacial score (nSPS) is 20.8. The van der Waals surface area contributed by atoms with E-state index in [1.807, 2.05) is 20.8 Å². The number of benzene rings is 1. The van der Waals surface area contributed by atoms with Crippen LogP contribution in [-0.2, 0) is 4.79 Å². The van der Waals surface area contributed by atoms with E-state index in [0.717, 1.165) is 0 Å². The Hall–Kier alpha value is -2.31. The van der Waals surface area contributed by atoms with Gasteiger partial charge in [-0.25, -0.2) is 9.18 Å². The summed E-state index contributed by atoms with van der Waals surface area (Å²) in [6.45, 7) is 7.57. The first-order valence-corrected chi connectivity index (χ1v) is 7.78. The molecule has 1 unspecified atom stereocenters. The van der Waals surface area contributed by atoms with Crippen molar-refractivity contribution in [2.45, 2.75) is 39.7 Å². The molecule has 0 bridgehead atoms. The first kappa shape index (κ1) is 18.0. The lowest BCUT2D eigenvalue weighted by Gasteiger charge is -2.25. The third kappa shape index (κ3) is 4.15. The van der Waals surface area contributed by atoms with Crippen molar-refractivity contribution in [3.05, 3.63) is 24.0 Å². The maximum Gasteiger partial charge on any atom is 0.321 e. The summed E-state index contributed by atoms with van der Waals surface area (Å²) in [6, 6.07) is 3.45. The summed E-state index contributed by atoms with van der Waals surface area (Å²) in [6.07, 6.45) is 0.393. The summed E-state index contributed by atoms with van der Waals surface area (Å²) >= 11 is 0. The van der Waals surface area contributed by atoms with Crippen molar-refractivity contribution in [3.63, 3.8) is 0 Å². The van der Waals surface area contributed by atoms with Crippen LogP contribution in [0.5, 0.6) is 5.75 Å². The highest BCUT2D eigenvalue weighted by molar-refractivity contribution is 5.92. The number of carboxylic acids is 1. The molecule has 2 N–H and O–H groups in total. The molecule has 2 amide bonds. The molecule has 1 saturated heterocycles. The van der Waals surface area contributed by atoms with Crippen molar-refractivity contribution in [3.8, 4) is 5.75 Å². The van der Waals surface area contributed by atoms with Crippen LogP contribution in [-0.4, -0.2) is 40.7 Å². The fraction of sp³-hybridized carbons (Fsp3) is 0.529. The van der Waals surface area contributed by atoms with Crippen LogP contribution in [0, 0.1) is 11.2 Å². The number of halogens is 1. The largest absolute Gasteiger partial charge is 0.486 e. The number of urea groups is 1. The van der Waals surface area contributed by atoms with Gasteiger partial charge in [-0.15, -0.1) is 0 Å². The van der Waals surface area contributed by atoms with Gasteiger partial charge in [0.25, 0.3) is 0 Å². The lowest BCUT2D eigenvalue weighted by Crippen LogP contribution is -2.37. The SMILES string of the molecule is CC(C)(C)Oc1cc(F)ccc1NC(=O)N1CCC(C)(C(=O)O)C1. The summed E-state index contributed by atoms with van der Waals surface area (Å²) < 4.78 is 19.2. The summed E-state index contributed by atoms with van der Waals surface area (Å²) in [5.41, 5.74) is -1.14. The zero-order chi connectivity index (χ0) is 18.1. The molecule has 1 fully saturated rings. The van der Waals surface area contributed by atoms with Crippen LogP contribution in [0.1, 0.15) is 34.1 Å². The van der Waals surface area contributed by atoms with E-state index in [1.165, 1.54) is 23.1 Å². The summed E-state index contributed by atoms with van der Waals surface area (Å²) in [5.74, 6) is -1.15. The van der Waals surface area contributed by atoms with Crippen LogP contribution in [0.15, 0.2) is 18.2 Å². The number of ether oxygens (including phenoxy) is 1. The maximum absolute atomic E-state index is 13.5. The van der Waals surface area contributed by atoms with Crippen LogP contribution >= 0.6 is 0 Å². The molecular formula is C17H23FN2O4. The van der Waals surface area contributed by atoms with E-state index in [-0.39, 0.29) is 12.3 Å². The van der Waals surface area contributed by atoms with Gasteiger partial charge >= 0.3 is 12.0 Å². The van der Waals surface area contributed by atoms with Crippen LogP contribution in [0.3, 0.4) is 0 Å². The molecule has 24 heavy (non-hydrogen) atoms. The molecule has 0 radical (unpaired) electrons. The number of nitrogens with zero attached hydrogens (tertiary/aromatic N) is 1. The van der Waals surface area contributed by atoms with Crippen molar-refractivity contribution in [1.29, 1.82) is 0 Å². The van der Waals surface area contributed by atoms with E-state index in [4.69, 9.17) is 4.74 Å². The third-order valence-electron chi connectivity index (χ3n) is 3.88. The predicted molar refractivity (Wildman–Crippen MR) is 87.7 cm³/mol. The zero-order valence-electron chi connectivity index (χ0n) is 14.4. The molecule has 132 valence electrons. The molecule has 1 heterocycles. The minimum absolute atomic E-state index is 0.130. The first-order chi connectivity index (χ1) is 11.0. The van der Waals surface area contributed by atoms with E-state index in [1.54, 1.807) is 6.92 Å². The van der Waals surface area contributed by atoms with E-state index in [9.17, 15) is 19.1 Å². The first-order valence-electron chi connectivity index (χ1n) is 7.78. The fourth-order valence-electron chi connectivity index (χ4n) is 2.52. The average molecular weight is 338 g/mol. The molecule has 1 aliphatic rings. The number of carbonyl (C=O) groups is 2. The van der Waals surface area contributed by atoms with E-state index >= 15 is 0 Å². The number of hydrogen-bond donors (Lipinski definition) is 2. The smallest absolute Gasteiger partial charge is 0.321 e. The van der Waals surface area contributed by atoms with Crippen LogP contribution in [0.25, 0.3) is 0 Å². The Morgan fingerprint density at radius 1 is 1.38 bits per heavy atom. The Morgan fingerprint density at radius 3 is 2.58 bits per heavy atom. The van der Waals surface area contributed by atoms with Crippen molar-refractivity contribution in [2.75, 3.05) is 18.4 Å².